The lowest BCUT2D eigenvalue weighted by Gasteiger charge is -2.22. The van der Waals surface area contributed by atoms with Gasteiger partial charge in [-0.15, -0.1) is 23.7 Å². The highest BCUT2D eigenvalue weighted by molar-refractivity contribution is 7.99. The Kier molecular flexibility index (Phi) is 7.25. The van der Waals surface area contributed by atoms with Crippen LogP contribution in [0.25, 0.3) is 0 Å². The maximum absolute atomic E-state index is 12.4. The first kappa shape index (κ1) is 18.5. The monoisotopic (exact) mass is 361 g/mol. The van der Waals surface area contributed by atoms with Crippen LogP contribution in [-0.2, 0) is 17.5 Å². The Balaban J connectivity index is 0.00000220. The molecule has 1 aliphatic rings. The molecule has 2 N–H and O–H groups in total. The van der Waals surface area contributed by atoms with Crippen molar-refractivity contribution < 1.29 is 18.0 Å². The molecule has 0 saturated carbocycles. The van der Waals surface area contributed by atoms with Crippen molar-refractivity contribution in [1.29, 1.82) is 0 Å². The van der Waals surface area contributed by atoms with Gasteiger partial charge < -0.3 is 10.6 Å². The summed E-state index contributed by atoms with van der Waals surface area (Å²) in [5.74, 6) is 1.74. The van der Waals surface area contributed by atoms with Crippen LogP contribution in [0.1, 0.15) is 17.1 Å². The van der Waals surface area contributed by atoms with Crippen LogP contribution in [0.15, 0.2) is 5.38 Å². The highest BCUT2D eigenvalue weighted by atomic mass is 35.5. The summed E-state index contributed by atoms with van der Waals surface area (Å²) in [6.45, 7) is 0.920. The first-order valence-electron chi connectivity index (χ1n) is 6.04. The summed E-state index contributed by atoms with van der Waals surface area (Å²) in [6.07, 6.45) is -4.09. The molecule has 0 aliphatic carbocycles. The smallest absolute Gasteiger partial charge is 0.350 e. The molecule has 2 rings (SSSR count). The van der Waals surface area contributed by atoms with Crippen molar-refractivity contribution in [2.24, 2.45) is 0 Å². The van der Waals surface area contributed by atoms with Crippen LogP contribution in [-0.4, -0.2) is 35.0 Å². The molecule has 2 heterocycles. The van der Waals surface area contributed by atoms with Gasteiger partial charge in [0.1, 0.15) is 5.01 Å². The third kappa shape index (κ3) is 6.01. The van der Waals surface area contributed by atoms with Crippen LogP contribution in [0, 0.1) is 0 Å². The molecule has 1 saturated heterocycles. The molecule has 0 bridgehead atoms. The van der Waals surface area contributed by atoms with Crippen molar-refractivity contribution in [3.8, 4) is 0 Å². The van der Waals surface area contributed by atoms with Gasteiger partial charge in [0.2, 0.25) is 5.91 Å². The first-order chi connectivity index (χ1) is 9.45. The molecule has 1 aromatic rings. The predicted octanol–water partition coefficient (Wildman–Crippen LogP) is 2.30. The van der Waals surface area contributed by atoms with Gasteiger partial charge in [0.15, 0.2) is 5.69 Å². The van der Waals surface area contributed by atoms with Crippen molar-refractivity contribution in [3.05, 3.63) is 16.1 Å². The number of aromatic nitrogens is 1. The third-order valence-electron chi connectivity index (χ3n) is 2.71. The number of amides is 1. The third-order valence-corrected chi connectivity index (χ3v) is 4.69. The van der Waals surface area contributed by atoms with Crippen molar-refractivity contribution in [3.63, 3.8) is 0 Å². The standard InChI is InChI=1S/C11H14F3N3OS2.ClH/c12-11(13,14)8-6-20-10(17-8)4-16-9(18)3-7-5-19-2-1-15-7;/h6-7,15H,1-5H2,(H,16,18);1H. The second kappa shape index (κ2) is 8.21. The fraction of sp³-hybridized carbons (Fsp3) is 0.636. The molecule has 120 valence electrons. The highest BCUT2D eigenvalue weighted by Crippen LogP contribution is 2.29. The zero-order valence-corrected chi connectivity index (χ0v) is 13.4. The number of halogens is 4. The summed E-state index contributed by atoms with van der Waals surface area (Å²) in [5, 5.41) is 7.05. The summed E-state index contributed by atoms with van der Waals surface area (Å²) in [7, 11) is 0. The van der Waals surface area contributed by atoms with E-state index in [2.05, 4.69) is 15.6 Å². The number of hydrogen-bond donors (Lipinski definition) is 2. The summed E-state index contributed by atoms with van der Waals surface area (Å²) < 4.78 is 37.1. The van der Waals surface area contributed by atoms with E-state index in [-0.39, 0.29) is 35.9 Å². The zero-order valence-electron chi connectivity index (χ0n) is 10.9. The van der Waals surface area contributed by atoms with E-state index < -0.39 is 11.9 Å². The lowest BCUT2D eigenvalue weighted by molar-refractivity contribution is -0.140. The number of thiazole rings is 1. The average Bonchev–Trinajstić information content (AvgIpc) is 2.86. The molecular formula is C11H15ClF3N3OS2. The fourth-order valence-electron chi connectivity index (χ4n) is 1.74. The number of carbonyl (C=O) groups excluding carboxylic acids is 1. The molecule has 0 radical (unpaired) electrons. The molecular weight excluding hydrogens is 347 g/mol. The molecule has 10 heteroatoms. The van der Waals surface area contributed by atoms with Crippen LogP contribution < -0.4 is 10.6 Å². The maximum atomic E-state index is 12.4. The fourth-order valence-corrected chi connectivity index (χ4v) is 3.43. The molecule has 4 nitrogen and oxygen atoms in total. The van der Waals surface area contributed by atoms with E-state index in [1.807, 2.05) is 0 Å². The van der Waals surface area contributed by atoms with Crippen molar-refractivity contribution in [2.45, 2.75) is 25.2 Å². The summed E-state index contributed by atoms with van der Waals surface area (Å²) >= 11 is 2.69. The topological polar surface area (TPSA) is 54.0 Å². The second-order valence-corrected chi connectivity index (χ2v) is 6.42. The van der Waals surface area contributed by atoms with Crippen molar-refractivity contribution >= 4 is 41.4 Å². The first-order valence-corrected chi connectivity index (χ1v) is 8.08. The predicted molar refractivity (Wildman–Crippen MR) is 79.9 cm³/mol. The van der Waals surface area contributed by atoms with Gasteiger partial charge in [-0.1, -0.05) is 0 Å². The van der Waals surface area contributed by atoms with Crippen LogP contribution in [0.3, 0.4) is 0 Å². The minimum absolute atomic E-state index is 0. The minimum atomic E-state index is -4.43. The summed E-state index contributed by atoms with van der Waals surface area (Å²) in [4.78, 5) is 15.1. The Morgan fingerprint density at radius 2 is 2.29 bits per heavy atom. The zero-order chi connectivity index (χ0) is 14.6. The number of nitrogens with one attached hydrogen (secondary N) is 2. The van der Waals surface area contributed by atoms with E-state index in [0.717, 1.165) is 34.8 Å². The quantitative estimate of drug-likeness (QED) is 0.864. The number of hydrogen-bond acceptors (Lipinski definition) is 5. The number of carbonyl (C=O) groups is 1. The minimum Gasteiger partial charge on any atom is -0.350 e. The van der Waals surface area contributed by atoms with Gasteiger partial charge in [-0.3, -0.25) is 4.79 Å². The van der Waals surface area contributed by atoms with E-state index in [0.29, 0.717) is 6.42 Å². The van der Waals surface area contributed by atoms with Crippen LogP contribution >= 0.6 is 35.5 Å². The normalized spacial score (nSPS) is 18.9. The van der Waals surface area contributed by atoms with Crippen molar-refractivity contribution in [1.82, 2.24) is 15.6 Å². The van der Waals surface area contributed by atoms with E-state index in [1.54, 1.807) is 11.8 Å². The molecule has 1 aliphatic heterocycles. The molecule has 0 spiro atoms. The molecule has 0 aromatic carbocycles. The Morgan fingerprint density at radius 1 is 1.52 bits per heavy atom. The van der Waals surface area contributed by atoms with E-state index in [9.17, 15) is 18.0 Å². The van der Waals surface area contributed by atoms with Gasteiger partial charge in [0.05, 0.1) is 6.54 Å². The number of thioether (sulfide) groups is 1. The Morgan fingerprint density at radius 3 is 2.86 bits per heavy atom. The van der Waals surface area contributed by atoms with Gasteiger partial charge in [0, 0.05) is 35.9 Å². The Bertz CT molecular complexity index is 464. The van der Waals surface area contributed by atoms with Gasteiger partial charge in [-0.25, -0.2) is 4.98 Å². The van der Waals surface area contributed by atoms with E-state index in [4.69, 9.17) is 0 Å². The summed E-state index contributed by atoms with van der Waals surface area (Å²) in [6, 6.07) is 0.135. The van der Waals surface area contributed by atoms with Gasteiger partial charge in [-0.05, 0) is 0 Å². The van der Waals surface area contributed by atoms with Crippen LogP contribution in [0.5, 0.6) is 0 Å². The number of nitrogens with zero attached hydrogens (tertiary/aromatic N) is 1. The Hall–Kier alpha value is -0.510. The molecule has 21 heavy (non-hydrogen) atoms. The van der Waals surface area contributed by atoms with Crippen LogP contribution in [0.4, 0.5) is 13.2 Å². The maximum Gasteiger partial charge on any atom is 0.434 e. The molecule has 1 unspecified atom stereocenters. The SMILES string of the molecule is Cl.O=C(CC1CSCCN1)NCc1nc(C(F)(F)F)cs1. The highest BCUT2D eigenvalue weighted by Gasteiger charge is 2.33. The molecule has 1 amide bonds. The average molecular weight is 362 g/mol. The summed E-state index contributed by atoms with van der Waals surface area (Å²) in [5.41, 5.74) is -0.905. The number of alkyl halides is 3. The lowest BCUT2D eigenvalue weighted by Crippen LogP contribution is -2.41. The molecule has 1 atom stereocenters. The second-order valence-electron chi connectivity index (χ2n) is 4.33. The van der Waals surface area contributed by atoms with Gasteiger partial charge >= 0.3 is 6.18 Å². The number of rotatable bonds is 4. The molecule has 1 fully saturated rings. The van der Waals surface area contributed by atoms with Gasteiger partial charge in [0.25, 0.3) is 0 Å². The van der Waals surface area contributed by atoms with E-state index >= 15 is 0 Å². The van der Waals surface area contributed by atoms with Crippen molar-refractivity contribution in [2.75, 3.05) is 18.1 Å². The lowest BCUT2D eigenvalue weighted by atomic mass is 10.2. The largest absolute Gasteiger partial charge is 0.434 e. The van der Waals surface area contributed by atoms with Gasteiger partial charge in [-0.2, -0.15) is 24.9 Å². The van der Waals surface area contributed by atoms with E-state index in [1.165, 1.54) is 0 Å². The Labute approximate surface area is 134 Å². The molecule has 1 aromatic heterocycles. The van der Waals surface area contributed by atoms with Crippen LogP contribution in [0.2, 0.25) is 0 Å².